The minimum Gasteiger partial charge on any atom is -0.487 e. The van der Waals surface area contributed by atoms with E-state index in [2.05, 4.69) is 15.9 Å². The van der Waals surface area contributed by atoms with Crippen molar-refractivity contribution in [3.63, 3.8) is 0 Å². The summed E-state index contributed by atoms with van der Waals surface area (Å²) in [4.78, 5) is 11.1. The fourth-order valence-electron chi connectivity index (χ4n) is 1.63. The molecule has 0 saturated heterocycles. The highest BCUT2D eigenvalue weighted by molar-refractivity contribution is 9.10. The lowest BCUT2D eigenvalue weighted by atomic mass is 10.1. The lowest BCUT2D eigenvalue weighted by molar-refractivity contribution is 0.0694. The molecule has 0 saturated carbocycles. The van der Waals surface area contributed by atoms with E-state index in [1.807, 2.05) is 0 Å². The SMILES string of the molecule is O=C(O)c1ccccc1COc1cc(Cl)c(Br)cc1Cl. The molecule has 104 valence electrons. The molecule has 0 spiro atoms. The second kappa shape index (κ2) is 6.48. The minimum absolute atomic E-state index is 0.0974. The van der Waals surface area contributed by atoms with Crippen molar-refractivity contribution < 1.29 is 14.6 Å². The van der Waals surface area contributed by atoms with Crippen molar-refractivity contribution in [2.45, 2.75) is 6.61 Å². The second-order valence-electron chi connectivity index (χ2n) is 3.95. The van der Waals surface area contributed by atoms with Crippen LogP contribution in [0.15, 0.2) is 40.9 Å². The molecule has 0 atom stereocenters. The summed E-state index contributed by atoms with van der Waals surface area (Å²) >= 11 is 15.3. The molecule has 0 aliphatic rings. The zero-order valence-electron chi connectivity index (χ0n) is 10.1. The molecule has 0 amide bonds. The number of rotatable bonds is 4. The summed E-state index contributed by atoms with van der Waals surface area (Å²) in [7, 11) is 0. The van der Waals surface area contributed by atoms with Crippen molar-refractivity contribution in [3.05, 3.63) is 62.0 Å². The molecule has 2 aromatic carbocycles. The summed E-state index contributed by atoms with van der Waals surface area (Å²) < 4.78 is 6.22. The summed E-state index contributed by atoms with van der Waals surface area (Å²) in [6.07, 6.45) is 0. The Morgan fingerprint density at radius 1 is 1.20 bits per heavy atom. The number of ether oxygens (including phenoxy) is 1. The average Bonchev–Trinajstić information content (AvgIpc) is 2.41. The molecule has 0 aliphatic heterocycles. The van der Waals surface area contributed by atoms with Crippen molar-refractivity contribution in [1.82, 2.24) is 0 Å². The topological polar surface area (TPSA) is 46.5 Å². The van der Waals surface area contributed by atoms with Crippen molar-refractivity contribution in [3.8, 4) is 5.75 Å². The number of halogens is 3. The molecule has 0 aromatic heterocycles. The van der Waals surface area contributed by atoms with E-state index < -0.39 is 5.97 Å². The number of hydrogen-bond acceptors (Lipinski definition) is 2. The molecule has 0 radical (unpaired) electrons. The average molecular weight is 376 g/mol. The smallest absolute Gasteiger partial charge is 0.336 e. The van der Waals surface area contributed by atoms with Gasteiger partial charge in [-0.25, -0.2) is 4.79 Å². The molecule has 6 heteroatoms. The van der Waals surface area contributed by atoms with Gasteiger partial charge in [0.1, 0.15) is 12.4 Å². The van der Waals surface area contributed by atoms with Gasteiger partial charge in [-0.15, -0.1) is 0 Å². The zero-order chi connectivity index (χ0) is 14.7. The number of benzene rings is 2. The lowest BCUT2D eigenvalue weighted by Gasteiger charge is -2.11. The molecule has 0 heterocycles. The van der Waals surface area contributed by atoms with Crippen molar-refractivity contribution in [2.75, 3.05) is 0 Å². The molecular weight excluding hydrogens is 367 g/mol. The number of aromatic carboxylic acids is 1. The number of carbonyl (C=O) groups is 1. The van der Waals surface area contributed by atoms with Gasteiger partial charge in [0.25, 0.3) is 0 Å². The molecule has 0 unspecified atom stereocenters. The van der Waals surface area contributed by atoms with Gasteiger partial charge in [-0.05, 0) is 28.1 Å². The molecule has 0 bridgehead atoms. The predicted molar refractivity (Wildman–Crippen MR) is 81.9 cm³/mol. The molecule has 2 rings (SSSR count). The number of carboxylic acids is 1. The van der Waals surface area contributed by atoms with Gasteiger partial charge >= 0.3 is 5.97 Å². The Labute approximate surface area is 134 Å². The number of hydrogen-bond donors (Lipinski definition) is 1. The van der Waals surface area contributed by atoms with Gasteiger partial charge in [0.05, 0.1) is 15.6 Å². The summed E-state index contributed by atoms with van der Waals surface area (Å²) in [5.74, 6) is -0.593. The number of carboxylic acid groups (broad SMARTS) is 1. The molecule has 20 heavy (non-hydrogen) atoms. The summed E-state index contributed by atoms with van der Waals surface area (Å²) in [5.41, 5.74) is 0.766. The largest absolute Gasteiger partial charge is 0.487 e. The highest BCUT2D eigenvalue weighted by atomic mass is 79.9. The standard InChI is InChI=1S/C14H9BrCl2O3/c15-10-5-12(17)13(6-11(10)16)20-7-8-3-1-2-4-9(8)14(18)19/h1-6H,7H2,(H,18,19). The quantitative estimate of drug-likeness (QED) is 0.762. The minimum atomic E-state index is -0.996. The fourth-order valence-corrected chi connectivity index (χ4v) is 2.47. The van der Waals surface area contributed by atoms with Crippen LogP contribution in [-0.2, 0) is 6.61 Å². The summed E-state index contributed by atoms with van der Waals surface area (Å²) in [5, 5.41) is 9.95. The van der Waals surface area contributed by atoms with Crippen LogP contribution in [0.2, 0.25) is 10.0 Å². The third-order valence-corrected chi connectivity index (χ3v) is 4.10. The van der Waals surface area contributed by atoms with Gasteiger partial charge in [0.15, 0.2) is 0 Å². The fraction of sp³-hybridized carbons (Fsp3) is 0.0714. The molecule has 2 aromatic rings. The van der Waals surface area contributed by atoms with Crippen LogP contribution >= 0.6 is 39.1 Å². The van der Waals surface area contributed by atoms with E-state index in [0.29, 0.717) is 25.8 Å². The molecule has 0 aliphatic carbocycles. The highest BCUT2D eigenvalue weighted by Gasteiger charge is 2.11. The maximum absolute atomic E-state index is 11.1. The van der Waals surface area contributed by atoms with Crippen LogP contribution in [-0.4, -0.2) is 11.1 Å². The lowest BCUT2D eigenvalue weighted by Crippen LogP contribution is -2.05. The monoisotopic (exact) mass is 374 g/mol. The third kappa shape index (κ3) is 3.45. The van der Waals surface area contributed by atoms with E-state index in [0.717, 1.165) is 0 Å². The van der Waals surface area contributed by atoms with E-state index in [1.54, 1.807) is 30.3 Å². The van der Waals surface area contributed by atoms with Crippen LogP contribution in [0.3, 0.4) is 0 Å². The third-order valence-electron chi connectivity index (χ3n) is 2.61. The van der Waals surface area contributed by atoms with Gasteiger partial charge in [-0.3, -0.25) is 0 Å². The van der Waals surface area contributed by atoms with E-state index >= 15 is 0 Å². The first-order valence-corrected chi connectivity index (χ1v) is 7.12. The van der Waals surface area contributed by atoms with Gasteiger partial charge in [-0.1, -0.05) is 41.4 Å². The Morgan fingerprint density at radius 2 is 1.90 bits per heavy atom. The van der Waals surface area contributed by atoms with Crippen LogP contribution < -0.4 is 4.74 Å². The first kappa shape index (κ1) is 15.2. The van der Waals surface area contributed by atoms with Crippen LogP contribution in [0.4, 0.5) is 0 Å². The van der Waals surface area contributed by atoms with Gasteiger partial charge in [0, 0.05) is 16.1 Å². The Kier molecular flexibility index (Phi) is 4.91. The maximum Gasteiger partial charge on any atom is 0.336 e. The van der Waals surface area contributed by atoms with Gasteiger partial charge in [0.2, 0.25) is 0 Å². The summed E-state index contributed by atoms with van der Waals surface area (Å²) in [6.45, 7) is 0.0974. The zero-order valence-corrected chi connectivity index (χ0v) is 13.2. The van der Waals surface area contributed by atoms with E-state index in [4.69, 9.17) is 33.0 Å². The van der Waals surface area contributed by atoms with E-state index in [1.165, 1.54) is 6.07 Å². The Morgan fingerprint density at radius 3 is 2.60 bits per heavy atom. The van der Waals surface area contributed by atoms with Crippen molar-refractivity contribution in [2.24, 2.45) is 0 Å². The maximum atomic E-state index is 11.1. The first-order chi connectivity index (χ1) is 9.49. The van der Waals surface area contributed by atoms with Crippen LogP contribution in [0.25, 0.3) is 0 Å². The van der Waals surface area contributed by atoms with E-state index in [9.17, 15) is 4.79 Å². The Hall–Kier alpha value is -1.23. The van der Waals surface area contributed by atoms with Crippen molar-refractivity contribution >= 4 is 45.1 Å². The molecule has 0 fully saturated rings. The van der Waals surface area contributed by atoms with Gasteiger partial charge in [-0.2, -0.15) is 0 Å². The highest BCUT2D eigenvalue weighted by Crippen LogP contribution is 2.34. The predicted octanol–water partition coefficient (Wildman–Crippen LogP) is 5.03. The van der Waals surface area contributed by atoms with Crippen LogP contribution in [0.5, 0.6) is 5.75 Å². The first-order valence-electron chi connectivity index (χ1n) is 5.57. The van der Waals surface area contributed by atoms with Gasteiger partial charge < -0.3 is 9.84 Å². The second-order valence-corrected chi connectivity index (χ2v) is 5.62. The van der Waals surface area contributed by atoms with Crippen LogP contribution in [0.1, 0.15) is 15.9 Å². The molecular formula is C14H9BrCl2O3. The van der Waals surface area contributed by atoms with Crippen LogP contribution in [0, 0.1) is 0 Å². The normalized spacial score (nSPS) is 10.3. The Balaban J connectivity index is 2.21. The van der Waals surface area contributed by atoms with E-state index in [-0.39, 0.29) is 12.2 Å². The molecule has 3 nitrogen and oxygen atoms in total. The van der Waals surface area contributed by atoms with Crippen molar-refractivity contribution in [1.29, 1.82) is 0 Å². The molecule has 1 N–H and O–H groups in total. The summed E-state index contributed by atoms with van der Waals surface area (Å²) in [6, 6.07) is 9.84. The Bertz CT molecular complexity index is 659.